The number of furan rings is 1. The number of sulfone groups is 1. The van der Waals surface area contributed by atoms with Crippen LogP contribution in [-0.4, -0.2) is 36.9 Å². The average molecular weight is 587 g/mol. The number of thiophene rings is 1. The first kappa shape index (κ1) is 27.1. The molecule has 5 aromatic rings. The summed E-state index contributed by atoms with van der Waals surface area (Å²) < 4.78 is 47.7. The van der Waals surface area contributed by atoms with Crippen LogP contribution < -0.4 is 15.4 Å². The zero-order chi connectivity index (χ0) is 27.4. The Bertz CT molecular complexity index is 1720. The van der Waals surface area contributed by atoms with Crippen LogP contribution in [0.3, 0.4) is 0 Å². The number of nitrogens with one attached hydrogen (secondary N) is 2. The molecule has 0 aliphatic heterocycles. The minimum atomic E-state index is -3.01. The van der Waals surface area contributed by atoms with Gasteiger partial charge in [0, 0.05) is 18.5 Å². The molecule has 0 saturated carbocycles. The third kappa shape index (κ3) is 7.12. The van der Waals surface area contributed by atoms with Crippen molar-refractivity contribution in [1.29, 1.82) is 0 Å². The Morgan fingerprint density at radius 3 is 2.77 bits per heavy atom. The summed E-state index contributed by atoms with van der Waals surface area (Å²) in [5.41, 5.74) is 1.42. The minimum absolute atomic E-state index is 0.0706. The lowest BCUT2D eigenvalue weighted by Crippen LogP contribution is -2.21. The number of halogens is 2. The molecule has 0 aliphatic carbocycles. The molecule has 0 unspecified atom stereocenters. The SMILES string of the molecule is CS(=O)(=O)CCNCc1ccc(-c2cc3c(Nc4ccc(OCc5cccc(F)c5)c(Cl)c4)ncnc3s2)o1. The van der Waals surface area contributed by atoms with Gasteiger partial charge >= 0.3 is 0 Å². The molecule has 3 aromatic heterocycles. The molecule has 0 amide bonds. The number of anilines is 2. The van der Waals surface area contributed by atoms with Crippen LogP contribution in [0.2, 0.25) is 5.02 Å². The van der Waals surface area contributed by atoms with Gasteiger partial charge in [-0.05, 0) is 54.1 Å². The Morgan fingerprint density at radius 1 is 1.10 bits per heavy atom. The summed E-state index contributed by atoms with van der Waals surface area (Å²) in [5.74, 6) is 2.24. The van der Waals surface area contributed by atoms with Gasteiger partial charge in [0.2, 0.25) is 0 Å². The molecule has 202 valence electrons. The van der Waals surface area contributed by atoms with Crippen LogP contribution in [0.5, 0.6) is 5.75 Å². The Balaban J connectivity index is 1.26. The van der Waals surface area contributed by atoms with Crippen molar-refractivity contribution in [1.82, 2.24) is 15.3 Å². The van der Waals surface area contributed by atoms with E-state index in [1.54, 1.807) is 24.3 Å². The number of aromatic nitrogens is 2. The topological polar surface area (TPSA) is 106 Å². The fourth-order valence-corrected chi connectivity index (χ4v) is 5.48. The van der Waals surface area contributed by atoms with Crippen molar-refractivity contribution >= 4 is 54.5 Å². The van der Waals surface area contributed by atoms with Crippen LogP contribution in [0.25, 0.3) is 20.9 Å². The molecule has 0 atom stereocenters. The smallest absolute Gasteiger partial charge is 0.148 e. The van der Waals surface area contributed by atoms with Gasteiger partial charge < -0.3 is 19.8 Å². The second-order valence-corrected chi connectivity index (χ2v) is 12.5. The molecule has 0 bridgehead atoms. The number of hydrogen-bond donors (Lipinski definition) is 2. The van der Waals surface area contributed by atoms with Gasteiger partial charge in [-0.25, -0.2) is 22.8 Å². The number of benzene rings is 2. The first-order valence-corrected chi connectivity index (χ1v) is 15.1. The summed E-state index contributed by atoms with van der Waals surface area (Å²) >= 11 is 7.92. The highest BCUT2D eigenvalue weighted by Crippen LogP contribution is 2.37. The van der Waals surface area contributed by atoms with E-state index in [4.69, 9.17) is 20.8 Å². The molecule has 0 fully saturated rings. The maximum absolute atomic E-state index is 13.4. The molecule has 5 rings (SSSR count). The number of fused-ring (bicyclic) bond motifs is 1. The predicted octanol–water partition coefficient (Wildman–Crippen LogP) is 6.20. The van der Waals surface area contributed by atoms with E-state index < -0.39 is 9.84 Å². The van der Waals surface area contributed by atoms with E-state index in [0.29, 0.717) is 52.5 Å². The van der Waals surface area contributed by atoms with Gasteiger partial charge in [0.25, 0.3) is 0 Å². The predicted molar refractivity (Wildman–Crippen MR) is 152 cm³/mol. The fraction of sp³-hybridized carbons (Fsp3) is 0.185. The van der Waals surface area contributed by atoms with E-state index in [2.05, 4.69) is 20.6 Å². The van der Waals surface area contributed by atoms with Crippen molar-refractivity contribution in [3.8, 4) is 16.4 Å². The lowest BCUT2D eigenvalue weighted by atomic mass is 10.2. The molecular weight excluding hydrogens is 563 g/mol. The van der Waals surface area contributed by atoms with Crippen molar-refractivity contribution in [2.24, 2.45) is 0 Å². The average Bonchev–Trinajstić information content (AvgIpc) is 3.53. The summed E-state index contributed by atoms with van der Waals surface area (Å²) in [4.78, 5) is 10.5. The van der Waals surface area contributed by atoms with E-state index >= 15 is 0 Å². The van der Waals surface area contributed by atoms with Crippen LogP contribution in [-0.2, 0) is 23.0 Å². The van der Waals surface area contributed by atoms with E-state index in [0.717, 1.165) is 15.1 Å². The van der Waals surface area contributed by atoms with Crippen LogP contribution in [0, 0.1) is 5.82 Å². The first-order chi connectivity index (χ1) is 18.7. The molecule has 2 aromatic carbocycles. The molecule has 2 N–H and O–H groups in total. The number of rotatable bonds is 11. The third-order valence-corrected chi connectivity index (χ3v) is 7.96. The Morgan fingerprint density at radius 2 is 1.97 bits per heavy atom. The summed E-state index contributed by atoms with van der Waals surface area (Å²) in [6.07, 6.45) is 2.70. The number of nitrogens with zero attached hydrogens (tertiary/aromatic N) is 2. The Hall–Kier alpha value is -3.51. The maximum Gasteiger partial charge on any atom is 0.148 e. The Labute approximate surface area is 233 Å². The molecule has 12 heteroatoms. The standard InChI is InChI=1S/C27H24ClFN4O4S2/c1-39(34,35)10-9-30-14-20-6-8-24(37-20)25-13-21-26(31-16-32-27(21)38-25)33-19-5-7-23(22(28)12-19)36-15-17-3-2-4-18(29)11-17/h2-8,11-13,16,30H,9-10,14-15H2,1H3,(H,31,32,33). The number of ether oxygens (including phenoxy) is 1. The zero-order valence-electron chi connectivity index (χ0n) is 20.8. The van der Waals surface area contributed by atoms with Gasteiger partial charge in [0.15, 0.2) is 0 Å². The normalized spacial score (nSPS) is 11.7. The van der Waals surface area contributed by atoms with Gasteiger partial charge in [0.1, 0.15) is 56.5 Å². The van der Waals surface area contributed by atoms with E-state index in [-0.39, 0.29) is 18.2 Å². The largest absolute Gasteiger partial charge is 0.487 e. The molecular formula is C27H24ClFN4O4S2. The van der Waals surface area contributed by atoms with Gasteiger partial charge in [-0.15, -0.1) is 11.3 Å². The molecule has 0 aliphatic rings. The minimum Gasteiger partial charge on any atom is -0.487 e. The highest BCUT2D eigenvalue weighted by molar-refractivity contribution is 7.90. The van der Waals surface area contributed by atoms with Gasteiger partial charge in [-0.3, -0.25) is 0 Å². The monoisotopic (exact) mass is 586 g/mol. The van der Waals surface area contributed by atoms with E-state index in [1.807, 2.05) is 24.3 Å². The lowest BCUT2D eigenvalue weighted by molar-refractivity contribution is 0.306. The second-order valence-electron chi connectivity index (χ2n) is 8.81. The summed E-state index contributed by atoms with van der Waals surface area (Å²) in [7, 11) is -3.01. The molecule has 0 spiro atoms. The van der Waals surface area contributed by atoms with Crippen LogP contribution >= 0.6 is 22.9 Å². The zero-order valence-corrected chi connectivity index (χ0v) is 23.2. The van der Waals surface area contributed by atoms with Crippen molar-refractivity contribution < 1.29 is 22.0 Å². The van der Waals surface area contributed by atoms with Crippen molar-refractivity contribution in [3.05, 3.63) is 89.2 Å². The van der Waals surface area contributed by atoms with Crippen LogP contribution in [0.15, 0.2) is 71.4 Å². The Kier molecular flexibility index (Phi) is 8.12. The quantitative estimate of drug-likeness (QED) is 0.176. The second kappa shape index (κ2) is 11.7. The highest BCUT2D eigenvalue weighted by atomic mass is 35.5. The van der Waals surface area contributed by atoms with Crippen molar-refractivity contribution in [3.63, 3.8) is 0 Å². The van der Waals surface area contributed by atoms with Gasteiger partial charge in [-0.2, -0.15) is 0 Å². The number of hydrogen-bond acceptors (Lipinski definition) is 9. The van der Waals surface area contributed by atoms with Crippen molar-refractivity contribution in [2.45, 2.75) is 13.2 Å². The van der Waals surface area contributed by atoms with Gasteiger partial charge in [-0.1, -0.05) is 23.7 Å². The summed E-state index contributed by atoms with van der Waals surface area (Å²) in [6.45, 7) is 0.974. The highest BCUT2D eigenvalue weighted by Gasteiger charge is 2.14. The first-order valence-electron chi connectivity index (χ1n) is 11.9. The van der Waals surface area contributed by atoms with E-state index in [1.165, 1.54) is 36.1 Å². The maximum atomic E-state index is 13.4. The lowest BCUT2D eigenvalue weighted by Gasteiger charge is -2.11. The molecule has 0 radical (unpaired) electrons. The third-order valence-electron chi connectivity index (χ3n) is 5.66. The van der Waals surface area contributed by atoms with Crippen LogP contribution in [0.1, 0.15) is 11.3 Å². The summed E-state index contributed by atoms with van der Waals surface area (Å²) in [5, 5.41) is 7.59. The fourth-order valence-electron chi connectivity index (χ4n) is 3.77. The van der Waals surface area contributed by atoms with Crippen LogP contribution in [0.4, 0.5) is 15.9 Å². The molecule has 39 heavy (non-hydrogen) atoms. The molecule has 0 saturated heterocycles. The van der Waals surface area contributed by atoms with E-state index in [9.17, 15) is 12.8 Å². The summed E-state index contributed by atoms with van der Waals surface area (Å²) in [6, 6.07) is 17.2. The van der Waals surface area contributed by atoms with Crippen molar-refractivity contribution in [2.75, 3.05) is 23.9 Å². The van der Waals surface area contributed by atoms with Gasteiger partial charge in [0.05, 0.1) is 27.6 Å². The molecule has 3 heterocycles. The molecule has 8 nitrogen and oxygen atoms in total.